The summed E-state index contributed by atoms with van der Waals surface area (Å²) < 4.78 is 33.0. The molecule has 0 bridgehead atoms. The van der Waals surface area contributed by atoms with Crippen molar-refractivity contribution in [3.05, 3.63) is 31.0 Å². The quantitative estimate of drug-likeness (QED) is 0.669. The average molecular weight is 401 g/mol. The van der Waals surface area contributed by atoms with E-state index >= 15 is 0 Å². The molecule has 11 heteroatoms. The van der Waals surface area contributed by atoms with Gasteiger partial charge in [-0.3, -0.25) is 9.48 Å². The third-order valence-corrected chi connectivity index (χ3v) is 4.62. The third kappa shape index (κ3) is 4.24. The first-order valence-electron chi connectivity index (χ1n) is 8.47. The van der Waals surface area contributed by atoms with Crippen LogP contribution in [0.3, 0.4) is 0 Å². The molecule has 0 radical (unpaired) electrons. The Morgan fingerprint density at radius 1 is 1.34 bits per heavy atom. The number of nitriles is 2. The Hall–Kier alpha value is -3.73. The summed E-state index contributed by atoms with van der Waals surface area (Å²) >= 11 is 0. The van der Waals surface area contributed by atoms with Gasteiger partial charge in [0.2, 0.25) is 6.29 Å². The van der Waals surface area contributed by atoms with Crippen LogP contribution in [0.2, 0.25) is 0 Å². The van der Waals surface area contributed by atoms with Crippen molar-refractivity contribution in [2.24, 2.45) is 5.41 Å². The van der Waals surface area contributed by atoms with Gasteiger partial charge in [0.05, 0.1) is 41.9 Å². The third-order valence-electron chi connectivity index (χ3n) is 4.62. The van der Waals surface area contributed by atoms with E-state index in [4.69, 9.17) is 10.1 Å². The molecular weight excluding hydrogens is 387 g/mol. The minimum Gasteiger partial charge on any atom is -0.346 e. The smallest absolute Gasteiger partial charge is 0.346 e. The Bertz CT molecular complexity index is 1100. The topological polar surface area (TPSA) is 124 Å². The van der Waals surface area contributed by atoms with Gasteiger partial charge in [-0.2, -0.15) is 28.8 Å². The molecule has 3 heterocycles. The van der Waals surface area contributed by atoms with Gasteiger partial charge in [0.15, 0.2) is 0 Å². The van der Waals surface area contributed by atoms with Crippen LogP contribution < -0.4 is 0 Å². The van der Waals surface area contributed by atoms with E-state index in [2.05, 4.69) is 32.2 Å². The normalized spacial score (nSPS) is 15.5. The highest BCUT2D eigenvalue weighted by Gasteiger charge is 2.51. The number of rotatable bonds is 4. The van der Waals surface area contributed by atoms with Gasteiger partial charge >= 0.3 is 6.18 Å². The van der Waals surface area contributed by atoms with Crippen molar-refractivity contribution in [2.45, 2.75) is 31.5 Å². The molecule has 148 valence electrons. The largest absolute Gasteiger partial charge is 0.446 e. The number of aromatic nitrogens is 5. The second-order valence-corrected chi connectivity index (χ2v) is 6.48. The fraction of sp³-hybridized carbons (Fsp3) is 0.333. The van der Waals surface area contributed by atoms with Gasteiger partial charge in [-0.15, -0.1) is 0 Å². The monoisotopic (exact) mass is 401 g/mol. The number of fused-ring (bicyclic) bond motifs is 1. The van der Waals surface area contributed by atoms with Crippen molar-refractivity contribution >= 4 is 17.3 Å². The molecule has 0 aliphatic heterocycles. The second kappa shape index (κ2) is 7.72. The fourth-order valence-corrected chi connectivity index (χ4v) is 3.02. The molecule has 0 spiro atoms. The molecule has 1 aliphatic rings. The molecule has 1 saturated carbocycles. The predicted molar refractivity (Wildman–Crippen MR) is 93.8 cm³/mol. The van der Waals surface area contributed by atoms with E-state index < -0.39 is 17.9 Å². The summed E-state index contributed by atoms with van der Waals surface area (Å²) in [6.07, 6.45) is 3.14. The Kier molecular flexibility index (Phi) is 5.33. The molecule has 8 nitrogen and oxygen atoms in total. The van der Waals surface area contributed by atoms with Gasteiger partial charge < -0.3 is 4.98 Å². The van der Waals surface area contributed by atoms with Crippen LogP contribution in [0.4, 0.5) is 13.2 Å². The number of alkyl halides is 3. The number of nitrogens with zero attached hydrogens (tertiary/aromatic N) is 6. The highest BCUT2D eigenvalue weighted by atomic mass is 19.4. The van der Waals surface area contributed by atoms with Crippen LogP contribution in [0.5, 0.6) is 0 Å². The predicted octanol–water partition coefficient (Wildman–Crippen LogP) is 3.33. The molecule has 3 aromatic rings. The summed E-state index contributed by atoms with van der Waals surface area (Å²) in [6, 6.07) is 6.26. The number of carbonyl (C=O) groups is 1. The van der Waals surface area contributed by atoms with Crippen LogP contribution in [0, 0.1) is 28.1 Å². The Morgan fingerprint density at radius 2 is 2.07 bits per heavy atom. The van der Waals surface area contributed by atoms with Crippen LogP contribution >= 0.6 is 0 Å². The molecule has 1 aliphatic carbocycles. The summed E-state index contributed by atoms with van der Waals surface area (Å²) in [5, 5.41) is 23.8. The lowest BCUT2D eigenvalue weighted by Gasteiger charge is -2.18. The molecular formula is C18H14F3N7O. The van der Waals surface area contributed by atoms with Crippen molar-refractivity contribution in [1.82, 2.24) is 24.7 Å². The van der Waals surface area contributed by atoms with Crippen molar-refractivity contribution < 1.29 is 18.0 Å². The SMILES string of the molecule is N#CCC(n1cc(-c2ncnc3[nH]ccc23)cn1)C1(C#N)CC1.O=CC(F)(F)F. The lowest BCUT2D eigenvalue weighted by Crippen LogP contribution is -2.19. The highest BCUT2D eigenvalue weighted by Crippen LogP contribution is 2.54. The van der Waals surface area contributed by atoms with E-state index in [9.17, 15) is 18.4 Å². The summed E-state index contributed by atoms with van der Waals surface area (Å²) in [5.41, 5.74) is 1.97. The molecule has 1 fully saturated rings. The van der Waals surface area contributed by atoms with Gasteiger partial charge in [-0.25, -0.2) is 9.97 Å². The van der Waals surface area contributed by atoms with E-state index in [1.165, 1.54) is 6.33 Å². The number of H-pyrrole nitrogens is 1. The van der Waals surface area contributed by atoms with Gasteiger partial charge in [0, 0.05) is 23.3 Å². The van der Waals surface area contributed by atoms with Crippen molar-refractivity contribution in [3.63, 3.8) is 0 Å². The zero-order chi connectivity index (χ0) is 21.1. The first-order chi connectivity index (χ1) is 13.8. The molecule has 29 heavy (non-hydrogen) atoms. The fourth-order valence-electron chi connectivity index (χ4n) is 3.02. The number of halogens is 3. The molecule has 3 aromatic heterocycles. The van der Waals surface area contributed by atoms with Crippen LogP contribution in [0.15, 0.2) is 31.0 Å². The zero-order valence-electron chi connectivity index (χ0n) is 14.9. The lowest BCUT2D eigenvalue weighted by atomic mass is 9.96. The van der Waals surface area contributed by atoms with Crippen LogP contribution in [-0.4, -0.2) is 37.2 Å². The molecule has 0 saturated heterocycles. The minimum absolute atomic E-state index is 0.213. The van der Waals surface area contributed by atoms with Gasteiger partial charge in [-0.1, -0.05) is 0 Å². The Labute approximate surface area is 162 Å². The Balaban J connectivity index is 0.000000353. The van der Waals surface area contributed by atoms with Gasteiger partial charge in [0.1, 0.15) is 12.0 Å². The Morgan fingerprint density at radius 3 is 2.66 bits per heavy atom. The summed E-state index contributed by atoms with van der Waals surface area (Å²) in [6.45, 7) is 0. The number of hydrogen-bond acceptors (Lipinski definition) is 6. The molecule has 1 atom stereocenters. The van der Waals surface area contributed by atoms with Crippen molar-refractivity contribution in [3.8, 4) is 23.4 Å². The van der Waals surface area contributed by atoms with Crippen LogP contribution in [0.1, 0.15) is 25.3 Å². The average Bonchev–Trinajstić information content (AvgIpc) is 3.11. The summed E-state index contributed by atoms with van der Waals surface area (Å²) in [4.78, 5) is 20.3. The van der Waals surface area contributed by atoms with E-state index in [1.54, 1.807) is 10.9 Å². The van der Waals surface area contributed by atoms with Gasteiger partial charge in [0.25, 0.3) is 0 Å². The second-order valence-electron chi connectivity index (χ2n) is 6.48. The molecule has 0 amide bonds. The standard InChI is InChI=1S/C16H13N7.C2HF3O/c17-5-1-13(16(9-18)3-4-16)23-8-11(7-22-23)14-12-2-6-19-15(12)21-10-20-14;3-2(4,5)1-6/h2,6-8,10,13H,1,3-4H2,(H,19,20,21);1H. The van der Waals surface area contributed by atoms with Crippen molar-refractivity contribution in [1.29, 1.82) is 10.5 Å². The van der Waals surface area contributed by atoms with Crippen molar-refractivity contribution in [2.75, 3.05) is 0 Å². The maximum Gasteiger partial charge on any atom is 0.446 e. The summed E-state index contributed by atoms with van der Waals surface area (Å²) in [7, 11) is 0. The molecule has 0 aromatic carbocycles. The van der Waals surface area contributed by atoms with Crippen LogP contribution in [0.25, 0.3) is 22.3 Å². The maximum absolute atomic E-state index is 10.4. The zero-order valence-corrected chi connectivity index (χ0v) is 14.9. The highest BCUT2D eigenvalue weighted by molar-refractivity contribution is 5.89. The molecule has 1 unspecified atom stereocenters. The van der Waals surface area contributed by atoms with Gasteiger partial charge in [-0.05, 0) is 18.9 Å². The number of nitrogens with one attached hydrogen (secondary N) is 1. The molecule has 4 rings (SSSR count). The molecule has 1 N–H and O–H groups in total. The minimum atomic E-state index is -4.64. The van der Waals surface area contributed by atoms with E-state index in [0.717, 1.165) is 35.1 Å². The number of hydrogen-bond donors (Lipinski definition) is 1. The first kappa shape index (κ1) is 20.0. The number of carbonyl (C=O) groups excluding carboxylic acids is 1. The van der Waals surface area contributed by atoms with E-state index in [0.29, 0.717) is 0 Å². The lowest BCUT2D eigenvalue weighted by molar-refractivity contribution is -0.156. The maximum atomic E-state index is 10.4. The first-order valence-corrected chi connectivity index (χ1v) is 8.47. The van der Waals surface area contributed by atoms with E-state index in [1.807, 2.05) is 18.5 Å². The number of aldehydes is 1. The number of aromatic amines is 1. The van der Waals surface area contributed by atoms with E-state index in [-0.39, 0.29) is 12.5 Å². The van der Waals surface area contributed by atoms with Crippen LogP contribution in [-0.2, 0) is 4.79 Å². The summed E-state index contributed by atoms with van der Waals surface area (Å²) in [5.74, 6) is 0.